The van der Waals surface area contributed by atoms with E-state index in [-0.39, 0.29) is 5.92 Å². The lowest BCUT2D eigenvalue weighted by atomic mass is 9.86. The summed E-state index contributed by atoms with van der Waals surface area (Å²) >= 11 is 1.53. The SMILES string of the molecule is NC(=O)c1cncc2c(C3=CCC(C(=O)N4CCCC4)CC3)csc12. The number of pyridine rings is 1. The summed E-state index contributed by atoms with van der Waals surface area (Å²) in [5.74, 6) is -0.00730. The number of thiophene rings is 1. The maximum absolute atomic E-state index is 12.6. The molecule has 4 rings (SSSR count). The molecule has 25 heavy (non-hydrogen) atoms. The van der Waals surface area contributed by atoms with Crippen LogP contribution in [0.25, 0.3) is 15.7 Å². The second-order valence-electron chi connectivity index (χ2n) is 6.81. The molecule has 6 heteroatoms. The third-order valence-electron chi connectivity index (χ3n) is 5.27. The molecule has 2 aromatic heterocycles. The van der Waals surface area contributed by atoms with Gasteiger partial charge in [-0.05, 0) is 48.6 Å². The molecule has 3 heterocycles. The highest BCUT2D eigenvalue weighted by Gasteiger charge is 2.28. The summed E-state index contributed by atoms with van der Waals surface area (Å²) in [5.41, 5.74) is 8.31. The first-order chi connectivity index (χ1) is 12.1. The number of aromatic nitrogens is 1. The molecule has 2 amide bonds. The van der Waals surface area contributed by atoms with Crippen molar-refractivity contribution in [3.63, 3.8) is 0 Å². The maximum Gasteiger partial charge on any atom is 0.251 e. The van der Waals surface area contributed by atoms with Gasteiger partial charge in [-0.1, -0.05) is 6.08 Å². The third kappa shape index (κ3) is 2.95. The summed E-state index contributed by atoms with van der Waals surface area (Å²) in [6.45, 7) is 1.84. The van der Waals surface area contributed by atoms with Crippen LogP contribution in [-0.2, 0) is 4.79 Å². The number of hydrogen-bond acceptors (Lipinski definition) is 4. The Morgan fingerprint density at radius 3 is 2.72 bits per heavy atom. The lowest BCUT2D eigenvalue weighted by Crippen LogP contribution is -2.34. The Bertz CT molecular complexity index is 865. The van der Waals surface area contributed by atoms with Gasteiger partial charge in [0.1, 0.15) is 0 Å². The van der Waals surface area contributed by atoms with E-state index in [9.17, 15) is 9.59 Å². The van der Waals surface area contributed by atoms with Crippen molar-refractivity contribution in [2.45, 2.75) is 32.1 Å². The molecule has 1 atom stereocenters. The van der Waals surface area contributed by atoms with Gasteiger partial charge in [-0.25, -0.2) is 0 Å². The zero-order chi connectivity index (χ0) is 17.4. The average molecular weight is 355 g/mol. The molecule has 2 N–H and O–H groups in total. The molecule has 2 aliphatic rings. The minimum Gasteiger partial charge on any atom is -0.366 e. The number of nitrogens with zero attached hydrogens (tertiary/aromatic N) is 2. The Hall–Kier alpha value is -2.21. The second-order valence-corrected chi connectivity index (χ2v) is 7.69. The van der Waals surface area contributed by atoms with E-state index >= 15 is 0 Å². The molecule has 130 valence electrons. The van der Waals surface area contributed by atoms with E-state index < -0.39 is 5.91 Å². The van der Waals surface area contributed by atoms with E-state index in [4.69, 9.17) is 5.73 Å². The molecule has 1 saturated heterocycles. The average Bonchev–Trinajstić information content (AvgIpc) is 3.30. The topological polar surface area (TPSA) is 76.3 Å². The summed E-state index contributed by atoms with van der Waals surface area (Å²) in [6.07, 6.45) is 10.4. The fourth-order valence-corrected chi connectivity index (χ4v) is 4.96. The molecule has 1 aliphatic heterocycles. The molecule has 0 aromatic carbocycles. The van der Waals surface area contributed by atoms with Crippen LogP contribution in [0.15, 0.2) is 23.8 Å². The fraction of sp³-hybridized carbons (Fsp3) is 0.421. The predicted octanol–water partition coefficient (Wildman–Crippen LogP) is 3.20. The Kier molecular flexibility index (Phi) is 4.29. The highest BCUT2D eigenvalue weighted by Crippen LogP contribution is 2.38. The van der Waals surface area contributed by atoms with Crippen LogP contribution in [0, 0.1) is 5.92 Å². The zero-order valence-electron chi connectivity index (χ0n) is 14.0. The molecule has 1 unspecified atom stereocenters. The summed E-state index contributed by atoms with van der Waals surface area (Å²) < 4.78 is 0.897. The Balaban J connectivity index is 1.57. The summed E-state index contributed by atoms with van der Waals surface area (Å²) in [4.78, 5) is 30.3. The van der Waals surface area contributed by atoms with Crippen LogP contribution in [0.2, 0.25) is 0 Å². The van der Waals surface area contributed by atoms with Crippen LogP contribution in [0.1, 0.15) is 48.0 Å². The fourth-order valence-electron chi connectivity index (χ4n) is 3.87. The number of carbonyl (C=O) groups excluding carboxylic acids is 2. The van der Waals surface area contributed by atoms with Crippen LogP contribution in [0.4, 0.5) is 0 Å². The van der Waals surface area contributed by atoms with E-state index in [2.05, 4.69) is 16.4 Å². The number of primary amides is 1. The number of fused-ring (bicyclic) bond motifs is 1. The van der Waals surface area contributed by atoms with E-state index in [1.54, 1.807) is 6.20 Å². The van der Waals surface area contributed by atoms with Crippen molar-refractivity contribution in [2.75, 3.05) is 13.1 Å². The lowest BCUT2D eigenvalue weighted by Gasteiger charge is -2.25. The lowest BCUT2D eigenvalue weighted by molar-refractivity contribution is -0.134. The molecule has 2 aromatic rings. The van der Waals surface area contributed by atoms with Crippen molar-refractivity contribution in [3.05, 3.63) is 35.0 Å². The summed E-state index contributed by atoms with van der Waals surface area (Å²) in [7, 11) is 0. The van der Waals surface area contributed by atoms with Crippen molar-refractivity contribution in [1.29, 1.82) is 0 Å². The largest absolute Gasteiger partial charge is 0.366 e. The molecular weight excluding hydrogens is 334 g/mol. The van der Waals surface area contributed by atoms with E-state index in [1.165, 1.54) is 23.1 Å². The Morgan fingerprint density at radius 1 is 1.24 bits per heavy atom. The van der Waals surface area contributed by atoms with E-state index in [0.29, 0.717) is 11.5 Å². The smallest absolute Gasteiger partial charge is 0.251 e. The van der Waals surface area contributed by atoms with Crippen molar-refractivity contribution >= 4 is 38.8 Å². The molecule has 0 spiro atoms. The first kappa shape index (κ1) is 16.3. The number of likely N-dealkylation sites (tertiary alicyclic amines) is 1. The second kappa shape index (κ2) is 6.59. The normalized spacial score (nSPS) is 20.7. The number of amides is 2. The first-order valence-electron chi connectivity index (χ1n) is 8.78. The van der Waals surface area contributed by atoms with Gasteiger partial charge < -0.3 is 10.6 Å². The van der Waals surface area contributed by atoms with Gasteiger partial charge in [0.15, 0.2) is 0 Å². The highest BCUT2D eigenvalue weighted by molar-refractivity contribution is 7.18. The van der Waals surface area contributed by atoms with Gasteiger partial charge in [-0.15, -0.1) is 11.3 Å². The minimum absolute atomic E-state index is 0.117. The Labute approximate surface area is 150 Å². The van der Waals surface area contributed by atoms with Gasteiger partial charge in [-0.3, -0.25) is 14.6 Å². The van der Waals surface area contributed by atoms with Crippen LogP contribution >= 0.6 is 11.3 Å². The van der Waals surface area contributed by atoms with Crippen LogP contribution < -0.4 is 5.73 Å². The van der Waals surface area contributed by atoms with Gasteiger partial charge in [0.05, 0.1) is 10.3 Å². The number of hydrogen-bond donors (Lipinski definition) is 1. The van der Waals surface area contributed by atoms with Crippen LogP contribution in [0.3, 0.4) is 0 Å². The minimum atomic E-state index is -0.444. The van der Waals surface area contributed by atoms with Gasteiger partial charge >= 0.3 is 0 Å². The number of carbonyl (C=O) groups is 2. The van der Waals surface area contributed by atoms with Crippen molar-refractivity contribution < 1.29 is 9.59 Å². The number of nitrogens with two attached hydrogens (primary N) is 1. The Morgan fingerprint density at radius 2 is 2.04 bits per heavy atom. The third-order valence-corrected chi connectivity index (χ3v) is 6.30. The molecule has 0 saturated carbocycles. The molecule has 1 aliphatic carbocycles. The van der Waals surface area contributed by atoms with Gasteiger partial charge in [-0.2, -0.15) is 0 Å². The molecule has 0 radical (unpaired) electrons. The van der Waals surface area contributed by atoms with Gasteiger partial charge in [0.2, 0.25) is 5.91 Å². The molecule has 1 fully saturated rings. The molecule has 5 nitrogen and oxygen atoms in total. The van der Waals surface area contributed by atoms with E-state index in [1.807, 2.05) is 4.90 Å². The number of allylic oxidation sites excluding steroid dienone is 2. The zero-order valence-corrected chi connectivity index (χ0v) is 14.8. The predicted molar refractivity (Wildman–Crippen MR) is 99.3 cm³/mol. The van der Waals surface area contributed by atoms with Gasteiger partial charge in [0, 0.05) is 36.8 Å². The van der Waals surface area contributed by atoms with Crippen molar-refractivity contribution in [1.82, 2.24) is 9.88 Å². The maximum atomic E-state index is 12.6. The number of rotatable bonds is 3. The quantitative estimate of drug-likeness (QED) is 0.918. The van der Waals surface area contributed by atoms with Crippen molar-refractivity contribution in [3.8, 4) is 0 Å². The highest BCUT2D eigenvalue weighted by atomic mass is 32.1. The van der Waals surface area contributed by atoms with E-state index in [0.717, 1.165) is 60.8 Å². The first-order valence-corrected chi connectivity index (χ1v) is 9.66. The summed E-state index contributed by atoms with van der Waals surface area (Å²) in [6, 6.07) is 0. The monoisotopic (exact) mass is 355 g/mol. The van der Waals surface area contributed by atoms with Gasteiger partial charge in [0.25, 0.3) is 5.91 Å². The van der Waals surface area contributed by atoms with Crippen LogP contribution in [-0.4, -0.2) is 34.8 Å². The van der Waals surface area contributed by atoms with Crippen molar-refractivity contribution in [2.24, 2.45) is 11.7 Å². The standard InChI is InChI=1S/C19H21N3O2S/c20-18(23)15-10-21-9-14-16(11-25-17(14)15)12-3-5-13(6-4-12)19(24)22-7-1-2-8-22/h3,9-11,13H,1-2,4-8H2,(H2,20,23). The molecular formula is C19H21N3O2S. The molecule has 0 bridgehead atoms. The van der Waals surface area contributed by atoms with Crippen LogP contribution in [0.5, 0.6) is 0 Å². The summed E-state index contributed by atoms with van der Waals surface area (Å²) in [5, 5.41) is 3.06.